The molecule has 3 aliphatic rings. The molecule has 186 valence electrons. The Kier molecular flexibility index (Phi) is 6.08. The average molecular weight is 476 g/mol. The fourth-order valence-electron chi connectivity index (χ4n) is 6.05. The molecule has 2 aromatic rings. The molecule has 2 bridgehead atoms. The average Bonchev–Trinajstić information content (AvgIpc) is 3.66. The van der Waals surface area contributed by atoms with Gasteiger partial charge in [-0.25, -0.2) is 0 Å². The van der Waals surface area contributed by atoms with Gasteiger partial charge in [-0.2, -0.15) is 0 Å². The zero-order valence-corrected chi connectivity index (χ0v) is 21.3. The first-order valence-corrected chi connectivity index (χ1v) is 12.8. The zero-order valence-electron chi connectivity index (χ0n) is 21.3. The summed E-state index contributed by atoms with van der Waals surface area (Å²) in [4.78, 5) is 16.3. The quantitative estimate of drug-likeness (QED) is 0.604. The van der Waals surface area contributed by atoms with E-state index < -0.39 is 0 Å². The second-order valence-corrected chi connectivity index (χ2v) is 11.3. The lowest BCUT2D eigenvalue weighted by Gasteiger charge is -2.55. The first-order chi connectivity index (χ1) is 16.6. The predicted octanol–water partition coefficient (Wildman–Crippen LogP) is 4.37. The molecular formula is C28H37N5O2. The zero-order chi connectivity index (χ0) is 24.8. The third-order valence-corrected chi connectivity index (χ3v) is 8.15. The highest BCUT2D eigenvalue weighted by atomic mass is 16.3. The number of likely N-dealkylation sites (N-methyl/N-ethyl adjacent to an activating group) is 1. The number of benzene rings is 1. The molecule has 2 saturated heterocycles. The predicted molar refractivity (Wildman–Crippen MR) is 139 cm³/mol. The van der Waals surface area contributed by atoms with E-state index in [-0.39, 0.29) is 22.7 Å². The molecule has 1 aliphatic carbocycles. The van der Waals surface area contributed by atoms with Crippen LogP contribution in [0.5, 0.6) is 5.75 Å². The second-order valence-electron chi connectivity index (χ2n) is 11.3. The molecule has 0 unspecified atom stereocenters. The van der Waals surface area contributed by atoms with E-state index in [2.05, 4.69) is 41.3 Å². The Morgan fingerprint density at radius 2 is 1.77 bits per heavy atom. The maximum absolute atomic E-state index is 12.2. The van der Waals surface area contributed by atoms with Gasteiger partial charge < -0.3 is 20.2 Å². The van der Waals surface area contributed by atoms with Crippen LogP contribution in [0.3, 0.4) is 0 Å². The number of hydrogen-bond acceptors (Lipinski definition) is 6. The van der Waals surface area contributed by atoms with E-state index in [0.29, 0.717) is 23.3 Å². The largest absolute Gasteiger partial charge is 0.507 e. The lowest BCUT2D eigenvalue weighted by atomic mass is 9.69. The van der Waals surface area contributed by atoms with E-state index in [0.717, 1.165) is 37.1 Å². The molecular weight excluding hydrogens is 438 g/mol. The molecule has 5 rings (SSSR count). The Morgan fingerprint density at radius 1 is 1.06 bits per heavy atom. The van der Waals surface area contributed by atoms with Crippen molar-refractivity contribution < 1.29 is 9.90 Å². The van der Waals surface area contributed by atoms with Gasteiger partial charge in [-0.15, -0.1) is 10.2 Å². The van der Waals surface area contributed by atoms with Gasteiger partial charge in [0.15, 0.2) is 5.82 Å². The van der Waals surface area contributed by atoms with Crippen LogP contribution in [-0.4, -0.2) is 63.4 Å². The summed E-state index contributed by atoms with van der Waals surface area (Å²) in [5.74, 6) is 0.961. The van der Waals surface area contributed by atoms with Gasteiger partial charge in [0.05, 0.1) is 5.69 Å². The summed E-state index contributed by atoms with van der Waals surface area (Å²) in [5.41, 5.74) is 2.38. The monoisotopic (exact) mass is 475 g/mol. The Labute approximate surface area is 208 Å². The summed E-state index contributed by atoms with van der Waals surface area (Å²) in [6, 6.07) is 10.1. The maximum atomic E-state index is 12.2. The highest BCUT2D eigenvalue weighted by Crippen LogP contribution is 2.42. The Bertz CT molecular complexity index is 1110. The van der Waals surface area contributed by atoms with Crippen LogP contribution in [0.1, 0.15) is 64.4 Å². The number of piperidine rings is 2. The van der Waals surface area contributed by atoms with Gasteiger partial charge in [0.2, 0.25) is 5.91 Å². The van der Waals surface area contributed by atoms with Crippen LogP contribution < -0.4 is 10.2 Å². The fourth-order valence-corrected chi connectivity index (χ4v) is 6.05. The van der Waals surface area contributed by atoms with Crippen molar-refractivity contribution in [2.24, 2.45) is 0 Å². The normalized spacial score (nSPS) is 28.2. The SMILES string of the molecule is CN(C(=O)/C=C/c1ccc(-c2ccc(N(C)[C@H]3C[C@]4(C)CCC[C@](C)(C3)N4)nn2)c(O)c1)C1CC1. The first kappa shape index (κ1) is 23.8. The molecule has 1 aromatic carbocycles. The number of carbonyl (C=O) groups excluding carboxylic acids is 1. The molecule has 0 radical (unpaired) electrons. The van der Waals surface area contributed by atoms with Gasteiger partial charge in [-0.1, -0.05) is 6.07 Å². The minimum absolute atomic E-state index is 0.0120. The van der Waals surface area contributed by atoms with Crippen molar-refractivity contribution >= 4 is 17.8 Å². The van der Waals surface area contributed by atoms with Crippen molar-refractivity contribution in [3.05, 3.63) is 42.0 Å². The molecule has 1 amide bonds. The lowest BCUT2D eigenvalue weighted by Crippen LogP contribution is -2.66. The molecule has 7 heteroatoms. The second kappa shape index (κ2) is 8.94. The number of nitrogens with one attached hydrogen (secondary N) is 1. The minimum atomic E-state index is -0.0120. The third-order valence-electron chi connectivity index (χ3n) is 8.15. The van der Waals surface area contributed by atoms with Crippen molar-refractivity contribution in [3.63, 3.8) is 0 Å². The number of hydrogen-bond donors (Lipinski definition) is 2. The van der Waals surface area contributed by atoms with Crippen LogP contribution in [0.4, 0.5) is 5.82 Å². The highest BCUT2D eigenvalue weighted by molar-refractivity contribution is 5.92. The van der Waals surface area contributed by atoms with Crippen LogP contribution in [-0.2, 0) is 4.79 Å². The molecule has 7 nitrogen and oxygen atoms in total. The van der Waals surface area contributed by atoms with Gasteiger partial charge >= 0.3 is 0 Å². The summed E-state index contributed by atoms with van der Waals surface area (Å²) >= 11 is 0. The number of aromatic nitrogens is 2. The summed E-state index contributed by atoms with van der Waals surface area (Å²) < 4.78 is 0. The maximum Gasteiger partial charge on any atom is 0.246 e. The van der Waals surface area contributed by atoms with E-state index in [1.807, 2.05) is 31.3 Å². The van der Waals surface area contributed by atoms with Gasteiger partial charge in [0.1, 0.15) is 5.75 Å². The minimum Gasteiger partial charge on any atom is -0.507 e. The third kappa shape index (κ3) is 5.06. The van der Waals surface area contributed by atoms with Gasteiger partial charge in [0, 0.05) is 48.9 Å². The first-order valence-electron chi connectivity index (χ1n) is 12.8. The van der Waals surface area contributed by atoms with E-state index in [4.69, 9.17) is 0 Å². The molecule has 1 saturated carbocycles. The van der Waals surface area contributed by atoms with E-state index in [1.165, 1.54) is 19.3 Å². The summed E-state index contributed by atoms with van der Waals surface area (Å²) in [5, 5.41) is 23.5. The van der Waals surface area contributed by atoms with Crippen LogP contribution in [0.15, 0.2) is 36.4 Å². The van der Waals surface area contributed by atoms with Crippen molar-refractivity contribution in [1.29, 1.82) is 0 Å². The number of rotatable bonds is 6. The molecule has 35 heavy (non-hydrogen) atoms. The van der Waals surface area contributed by atoms with Crippen molar-refractivity contribution in [2.45, 2.75) is 82.0 Å². The Morgan fingerprint density at radius 3 is 2.37 bits per heavy atom. The van der Waals surface area contributed by atoms with Crippen LogP contribution >= 0.6 is 0 Å². The van der Waals surface area contributed by atoms with Crippen LogP contribution in [0.2, 0.25) is 0 Å². The number of anilines is 1. The van der Waals surface area contributed by atoms with E-state index >= 15 is 0 Å². The number of phenols is 1. The van der Waals surface area contributed by atoms with E-state index in [1.54, 1.807) is 23.1 Å². The Balaban J connectivity index is 1.27. The smallest absolute Gasteiger partial charge is 0.246 e. The van der Waals surface area contributed by atoms with Crippen molar-refractivity contribution in [3.8, 4) is 17.0 Å². The van der Waals surface area contributed by atoms with Crippen LogP contribution in [0.25, 0.3) is 17.3 Å². The molecule has 3 atom stereocenters. The molecule has 3 heterocycles. The summed E-state index contributed by atoms with van der Waals surface area (Å²) in [6.07, 6.45) is 11.4. The number of amides is 1. The van der Waals surface area contributed by atoms with Crippen molar-refractivity contribution in [2.75, 3.05) is 19.0 Å². The lowest BCUT2D eigenvalue weighted by molar-refractivity contribution is -0.125. The number of aromatic hydroxyl groups is 1. The van der Waals surface area contributed by atoms with Gasteiger partial charge in [0.25, 0.3) is 0 Å². The summed E-state index contributed by atoms with van der Waals surface area (Å²) in [7, 11) is 3.95. The number of carbonyl (C=O) groups is 1. The molecule has 2 aliphatic heterocycles. The number of phenolic OH excluding ortho intramolecular Hbond substituents is 1. The molecule has 0 spiro atoms. The van der Waals surface area contributed by atoms with Gasteiger partial charge in [-0.3, -0.25) is 4.79 Å². The number of fused-ring (bicyclic) bond motifs is 2. The fraction of sp³-hybridized carbons (Fsp3) is 0.536. The highest BCUT2D eigenvalue weighted by Gasteiger charge is 2.46. The molecule has 1 aromatic heterocycles. The number of nitrogens with zero attached hydrogens (tertiary/aromatic N) is 4. The Hall–Kier alpha value is -2.93. The topological polar surface area (TPSA) is 81.6 Å². The standard InChI is InChI=1S/C28H37N5O2/c1-27-14-5-15-28(2,31-27)18-21(17-27)32(3)25-12-11-23(29-30-25)22-10-6-19(16-24(22)34)7-13-26(35)33(4)20-8-9-20/h6-7,10-13,16,20-21,31,34H,5,8-9,14-15,17-18H2,1-4H3/b13-7+/t21-,27-,28+. The van der Waals surface area contributed by atoms with Crippen molar-refractivity contribution in [1.82, 2.24) is 20.4 Å². The summed E-state index contributed by atoms with van der Waals surface area (Å²) in [6.45, 7) is 4.70. The molecule has 2 N–H and O–H groups in total. The molecule has 3 fully saturated rings. The van der Waals surface area contributed by atoms with Crippen LogP contribution in [0, 0.1) is 0 Å². The van der Waals surface area contributed by atoms with E-state index in [9.17, 15) is 9.90 Å². The van der Waals surface area contributed by atoms with Gasteiger partial charge in [-0.05, 0) is 94.7 Å².